The quantitative estimate of drug-likeness (QED) is 0.797. The first-order valence-corrected chi connectivity index (χ1v) is 10.9. The molecule has 0 spiro atoms. The van der Waals surface area contributed by atoms with Gasteiger partial charge in [0.05, 0.1) is 10.9 Å². The highest BCUT2D eigenvalue weighted by molar-refractivity contribution is 7.89. The van der Waals surface area contributed by atoms with Gasteiger partial charge in [-0.05, 0) is 48.2 Å². The fourth-order valence-corrected chi connectivity index (χ4v) is 5.11. The third kappa shape index (κ3) is 4.34. The lowest BCUT2D eigenvalue weighted by Crippen LogP contribution is -2.42. The predicted molar refractivity (Wildman–Crippen MR) is 106 cm³/mol. The van der Waals surface area contributed by atoms with Gasteiger partial charge < -0.3 is 5.32 Å². The third-order valence-electron chi connectivity index (χ3n) is 4.73. The van der Waals surface area contributed by atoms with Gasteiger partial charge >= 0.3 is 0 Å². The van der Waals surface area contributed by atoms with Gasteiger partial charge in [0.1, 0.15) is 0 Å². The van der Waals surface area contributed by atoms with Gasteiger partial charge in [-0.3, -0.25) is 4.79 Å². The maximum Gasteiger partial charge on any atom is 0.243 e. The molecule has 0 unspecified atom stereocenters. The maximum absolute atomic E-state index is 13.3. The van der Waals surface area contributed by atoms with Gasteiger partial charge in [0, 0.05) is 24.5 Å². The number of carbonyl (C=O) groups is 1. The Bertz CT molecular complexity index is 913. The van der Waals surface area contributed by atoms with E-state index < -0.39 is 16.1 Å². The van der Waals surface area contributed by atoms with Gasteiger partial charge in [-0.15, -0.1) is 0 Å². The van der Waals surface area contributed by atoms with E-state index >= 15 is 0 Å². The minimum atomic E-state index is -3.74. The second-order valence-corrected chi connectivity index (χ2v) is 8.92. The van der Waals surface area contributed by atoms with E-state index in [1.54, 1.807) is 12.1 Å². The zero-order chi connectivity index (χ0) is 19.4. The van der Waals surface area contributed by atoms with Crippen molar-refractivity contribution in [1.82, 2.24) is 9.62 Å². The van der Waals surface area contributed by atoms with Crippen molar-refractivity contribution >= 4 is 27.5 Å². The average molecular weight is 407 g/mol. The molecule has 5 nitrogen and oxygen atoms in total. The van der Waals surface area contributed by atoms with E-state index in [0.717, 1.165) is 17.5 Å². The molecule has 1 amide bonds. The summed E-state index contributed by atoms with van der Waals surface area (Å²) in [6, 6.07) is 13.4. The molecule has 0 fully saturated rings. The zero-order valence-electron chi connectivity index (χ0n) is 15.2. The number of carbonyl (C=O) groups excluding carboxylic acids is 1. The molecule has 1 atom stereocenters. The molecule has 27 heavy (non-hydrogen) atoms. The van der Waals surface area contributed by atoms with Crippen LogP contribution >= 0.6 is 11.6 Å². The largest absolute Gasteiger partial charge is 0.356 e. The summed E-state index contributed by atoms with van der Waals surface area (Å²) >= 11 is 5.90. The first kappa shape index (κ1) is 19.9. The molecule has 0 radical (unpaired) electrons. The molecule has 3 rings (SSSR count). The summed E-state index contributed by atoms with van der Waals surface area (Å²) in [6.07, 6.45) is 1.56. The normalized spacial score (nSPS) is 17.3. The maximum atomic E-state index is 13.3. The van der Waals surface area contributed by atoms with Gasteiger partial charge in [0.2, 0.25) is 15.9 Å². The Morgan fingerprint density at radius 1 is 1.19 bits per heavy atom. The van der Waals surface area contributed by atoms with Gasteiger partial charge in [-0.25, -0.2) is 8.42 Å². The van der Waals surface area contributed by atoms with Crippen LogP contribution in [0.2, 0.25) is 5.02 Å². The second kappa shape index (κ2) is 8.42. The van der Waals surface area contributed by atoms with E-state index in [0.29, 0.717) is 24.5 Å². The van der Waals surface area contributed by atoms with Crippen molar-refractivity contribution in [1.29, 1.82) is 0 Å². The highest BCUT2D eigenvalue weighted by Crippen LogP contribution is 2.36. The average Bonchev–Trinajstić information content (AvgIpc) is 2.66. The molecule has 144 valence electrons. The number of benzene rings is 2. The summed E-state index contributed by atoms with van der Waals surface area (Å²) in [5, 5.41) is 3.33. The minimum absolute atomic E-state index is 0.101. The number of halogens is 1. The van der Waals surface area contributed by atoms with E-state index in [9.17, 15) is 13.2 Å². The predicted octanol–water partition coefficient (Wildman–Crippen LogP) is 3.54. The Kier molecular flexibility index (Phi) is 6.19. The first-order chi connectivity index (χ1) is 12.9. The summed E-state index contributed by atoms with van der Waals surface area (Å²) in [5.74, 6) is -0.144. The Morgan fingerprint density at radius 3 is 2.59 bits per heavy atom. The standard InChI is InChI=1S/C20H23ClN2O3S/c1-2-12-22-20(24)14-19-18-6-4-3-5-15(18)11-13-23(19)27(25,26)17-9-7-16(21)8-10-17/h3-10,19H,2,11-14H2,1H3,(H,22,24)/t19-/m1/s1. The summed E-state index contributed by atoms with van der Waals surface area (Å²) in [4.78, 5) is 12.6. The topological polar surface area (TPSA) is 66.5 Å². The van der Waals surface area contributed by atoms with E-state index in [1.807, 2.05) is 31.2 Å². The van der Waals surface area contributed by atoms with Crippen LogP contribution in [0.3, 0.4) is 0 Å². The van der Waals surface area contributed by atoms with E-state index in [4.69, 9.17) is 11.6 Å². The molecule has 1 aliphatic heterocycles. The van der Waals surface area contributed by atoms with E-state index in [1.165, 1.54) is 16.4 Å². The lowest BCUT2D eigenvalue weighted by molar-refractivity contribution is -0.122. The molecule has 2 aromatic rings. The molecule has 1 aliphatic rings. The molecule has 1 heterocycles. The number of sulfonamides is 1. The molecular weight excluding hydrogens is 384 g/mol. The highest BCUT2D eigenvalue weighted by Gasteiger charge is 2.37. The summed E-state index contributed by atoms with van der Waals surface area (Å²) < 4.78 is 28.0. The molecule has 0 saturated heterocycles. The fourth-order valence-electron chi connectivity index (χ4n) is 3.38. The van der Waals surface area contributed by atoms with Crippen LogP contribution in [0.4, 0.5) is 0 Å². The zero-order valence-corrected chi connectivity index (χ0v) is 16.8. The van der Waals surface area contributed by atoms with Crippen molar-refractivity contribution in [2.45, 2.75) is 37.1 Å². The lowest BCUT2D eigenvalue weighted by atomic mass is 9.92. The van der Waals surface area contributed by atoms with Crippen molar-refractivity contribution in [2.75, 3.05) is 13.1 Å². The number of nitrogens with one attached hydrogen (secondary N) is 1. The van der Waals surface area contributed by atoms with Gasteiger partial charge in [0.15, 0.2) is 0 Å². The molecule has 0 aliphatic carbocycles. The SMILES string of the molecule is CCCNC(=O)C[C@@H]1c2ccccc2CCN1S(=O)(=O)c1ccc(Cl)cc1. The Balaban J connectivity index is 1.97. The van der Waals surface area contributed by atoms with Crippen LogP contribution in [0.5, 0.6) is 0 Å². The fraction of sp³-hybridized carbons (Fsp3) is 0.350. The minimum Gasteiger partial charge on any atom is -0.356 e. The van der Waals surface area contributed by atoms with Crippen LogP contribution in [0.15, 0.2) is 53.4 Å². The van der Waals surface area contributed by atoms with Gasteiger partial charge in [-0.2, -0.15) is 4.31 Å². The first-order valence-electron chi connectivity index (χ1n) is 9.05. The van der Waals surface area contributed by atoms with E-state index in [2.05, 4.69) is 5.32 Å². The van der Waals surface area contributed by atoms with Crippen molar-refractivity contribution < 1.29 is 13.2 Å². The number of rotatable bonds is 6. The van der Waals surface area contributed by atoms with Crippen LogP contribution in [0, 0.1) is 0 Å². The van der Waals surface area contributed by atoms with E-state index in [-0.39, 0.29) is 17.2 Å². The number of fused-ring (bicyclic) bond motifs is 1. The van der Waals surface area contributed by atoms with Crippen molar-refractivity contribution in [3.05, 3.63) is 64.7 Å². The Morgan fingerprint density at radius 2 is 1.89 bits per heavy atom. The summed E-state index contributed by atoms with van der Waals surface area (Å²) in [6.45, 7) is 2.90. The second-order valence-electron chi connectivity index (χ2n) is 6.59. The summed E-state index contributed by atoms with van der Waals surface area (Å²) in [5.41, 5.74) is 1.99. The number of hydrogen-bond acceptors (Lipinski definition) is 3. The number of nitrogens with zero attached hydrogens (tertiary/aromatic N) is 1. The third-order valence-corrected chi connectivity index (χ3v) is 6.91. The van der Waals surface area contributed by atoms with Crippen molar-refractivity contribution in [2.24, 2.45) is 0 Å². The van der Waals surface area contributed by atoms with Crippen LogP contribution in [-0.2, 0) is 21.2 Å². The van der Waals surface area contributed by atoms with Crippen LogP contribution < -0.4 is 5.32 Å². The Hall–Kier alpha value is -1.89. The molecule has 7 heteroatoms. The highest BCUT2D eigenvalue weighted by atomic mass is 35.5. The molecule has 0 bridgehead atoms. The molecule has 2 aromatic carbocycles. The van der Waals surface area contributed by atoms with Crippen LogP contribution in [0.1, 0.15) is 36.9 Å². The van der Waals surface area contributed by atoms with Crippen LogP contribution in [0.25, 0.3) is 0 Å². The Labute approximate surface area is 165 Å². The number of hydrogen-bond donors (Lipinski definition) is 1. The molecule has 0 aromatic heterocycles. The monoisotopic (exact) mass is 406 g/mol. The molecule has 1 N–H and O–H groups in total. The number of amides is 1. The van der Waals surface area contributed by atoms with Gasteiger partial charge in [0.25, 0.3) is 0 Å². The molecule has 0 saturated carbocycles. The van der Waals surface area contributed by atoms with Crippen molar-refractivity contribution in [3.8, 4) is 0 Å². The smallest absolute Gasteiger partial charge is 0.243 e. The van der Waals surface area contributed by atoms with Crippen molar-refractivity contribution in [3.63, 3.8) is 0 Å². The molecular formula is C20H23ClN2O3S. The van der Waals surface area contributed by atoms with Crippen LogP contribution in [-0.4, -0.2) is 31.7 Å². The van der Waals surface area contributed by atoms with Gasteiger partial charge in [-0.1, -0.05) is 42.8 Å². The lowest BCUT2D eigenvalue weighted by Gasteiger charge is -2.36. The summed E-state index contributed by atoms with van der Waals surface area (Å²) in [7, 11) is -3.74.